The molecule has 0 unspecified atom stereocenters. The Labute approximate surface area is 180 Å². The lowest BCUT2D eigenvalue weighted by Crippen LogP contribution is -2.14. The molecule has 7 nitrogen and oxygen atoms in total. The Morgan fingerprint density at radius 2 is 1.87 bits per heavy atom. The van der Waals surface area contributed by atoms with Gasteiger partial charge in [0.1, 0.15) is 16.4 Å². The third-order valence-electron chi connectivity index (χ3n) is 4.55. The fourth-order valence-electron chi connectivity index (χ4n) is 3.20. The molecule has 0 amide bonds. The molecule has 0 saturated heterocycles. The molecule has 4 rings (SSSR count). The average molecular weight is 446 g/mol. The Bertz CT molecular complexity index is 1120. The molecule has 1 aromatic heterocycles. The van der Waals surface area contributed by atoms with Crippen LogP contribution in [-0.4, -0.2) is 36.9 Å². The third-order valence-corrected chi connectivity index (χ3v) is 6.92. The molecule has 3 aromatic rings. The lowest BCUT2D eigenvalue weighted by atomic mass is 10.1. The molecule has 1 aliphatic heterocycles. The van der Waals surface area contributed by atoms with E-state index in [0.29, 0.717) is 24.7 Å². The van der Waals surface area contributed by atoms with Crippen LogP contribution in [0, 0.1) is 0 Å². The van der Waals surface area contributed by atoms with E-state index >= 15 is 0 Å². The van der Waals surface area contributed by atoms with E-state index in [1.54, 1.807) is 36.0 Å². The van der Waals surface area contributed by atoms with Crippen LogP contribution in [0.1, 0.15) is 13.8 Å². The number of hydrogen-bond acceptors (Lipinski definition) is 6. The van der Waals surface area contributed by atoms with Gasteiger partial charge in [-0.3, -0.25) is 4.72 Å². The fraction of sp³-hybridized carbons (Fsp3) is 0.286. The van der Waals surface area contributed by atoms with Gasteiger partial charge in [-0.1, -0.05) is 23.9 Å². The number of fused-ring (bicyclic) bond motifs is 1. The quantitative estimate of drug-likeness (QED) is 0.558. The zero-order chi connectivity index (χ0) is 21.1. The Hall–Kier alpha value is -2.65. The number of rotatable bonds is 8. The summed E-state index contributed by atoms with van der Waals surface area (Å²) in [6.45, 7) is 5.42. The lowest BCUT2D eigenvalue weighted by Gasteiger charge is -2.14. The molecular formula is C21H23N3O4S2. The molecule has 1 N–H and O–H groups in total. The number of nitrogens with zero attached hydrogens (tertiary/aromatic N) is 2. The molecule has 2 aromatic carbocycles. The minimum atomic E-state index is -3.86. The van der Waals surface area contributed by atoms with Crippen molar-refractivity contribution in [3.63, 3.8) is 0 Å². The van der Waals surface area contributed by atoms with Gasteiger partial charge >= 0.3 is 0 Å². The van der Waals surface area contributed by atoms with Crippen molar-refractivity contribution in [3.8, 4) is 22.8 Å². The van der Waals surface area contributed by atoms with Crippen LogP contribution in [0.25, 0.3) is 11.3 Å². The SMILES string of the molecule is CCOc1ccc(OCC)c(S(=O)(=O)Nc2ccc(-c3cn4c(n3)SCC4)cc2)c1. The van der Waals surface area contributed by atoms with Gasteiger partial charge in [0, 0.05) is 35.8 Å². The zero-order valence-corrected chi connectivity index (χ0v) is 18.4. The van der Waals surface area contributed by atoms with Crippen molar-refractivity contribution in [1.82, 2.24) is 9.55 Å². The van der Waals surface area contributed by atoms with Crippen LogP contribution in [0.5, 0.6) is 11.5 Å². The Morgan fingerprint density at radius 1 is 1.10 bits per heavy atom. The van der Waals surface area contributed by atoms with E-state index in [9.17, 15) is 8.42 Å². The number of benzene rings is 2. The first kappa shape index (κ1) is 20.6. The molecule has 0 saturated carbocycles. The minimum absolute atomic E-state index is 0.0435. The van der Waals surface area contributed by atoms with E-state index in [0.717, 1.165) is 28.7 Å². The second kappa shape index (κ2) is 8.61. The molecular weight excluding hydrogens is 422 g/mol. The number of hydrogen-bond donors (Lipinski definition) is 1. The van der Waals surface area contributed by atoms with Gasteiger partial charge < -0.3 is 14.0 Å². The summed E-state index contributed by atoms with van der Waals surface area (Å²) in [6.07, 6.45) is 2.03. The summed E-state index contributed by atoms with van der Waals surface area (Å²) in [4.78, 5) is 4.67. The molecule has 0 bridgehead atoms. The van der Waals surface area contributed by atoms with Gasteiger partial charge in [0.25, 0.3) is 10.0 Å². The summed E-state index contributed by atoms with van der Waals surface area (Å²) < 4.78 is 41.8. The number of aromatic nitrogens is 2. The molecule has 30 heavy (non-hydrogen) atoms. The fourth-order valence-corrected chi connectivity index (χ4v) is 5.36. The first-order chi connectivity index (χ1) is 14.5. The second-order valence-electron chi connectivity index (χ2n) is 6.61. The first-order valence-corrected chi connectivity index (χ1v) is 12.2. The predicted molar refractivity (Wildman–Crippen MR) is 118 cm³/mol. The lowest BCUT2D eigenvalue weighted by molar-refractivity contribution is 0.322. The van der Waals surface area contributed by atoms with Gasteiger partial charge in [0.15, 0.2) is 5.16 Å². The summed E-state index contributed by atoms with van der Waals surface area (Å²) in [5, 5.41) is 1.02. The normalized spacial score (nSPS) is 13.1. The first-order valence-electron chi connectivity index (χ1n) is 9.73. The van der Waals surface area contributed by atoms with Gasteiger partial charge in [-0.05, 0) is 38.1 Å². The van der Waals surface area contributed by atoms with E-state index in [2.05, 4.69) is 14.3 Å². The van der Waals surface area contributed by atoms with E-state index in [1.165, 1.54) is 6.07 Å². The van der Waals surface area contributed by atoms with E-state index < -0.39 is 10.0 Å². The highest BCUT2D eigenvalue weighted by Gasteiger charge is 2.21. The summed E-state index contributed by atoms with van der Waals surface area (Å²) in [5.41, 5.74) is 2.28. The maximum atomic E-state index is 13.0. The smallest absolute Gasteiger partial charge is 0.265 e. The van der Waals surface area contributed by atoms with Crippen LogP contribution < -0.4 is 14.2 Å². The van der Waals surface area contributed by atoms with Crippen molar-refractivity contribution >= 4 is 27.5 Å². The number of aryl methyl sites for hydroxylation is 1. The molecule has 0 spiro atoms. The van der Waals surface area contributed by atoms with E-state index in [4.69, 9.17) is 9.47 Å². The molecule has 0 atom stereocenters. The van der Waals surface area contributed by atoms with E-state index in [1.807, 2.05) is 32.2 Å². The number of nitrogens with one attached hydrogen (secondary N) is 1. The molecule has 2 heterocycles. The Balaban J connectivity index is 1.57. The number of anilines is 1. The maximum Gasteiger partial charge on any atom is 0.265 e. The van der Waals surface area contributed by atoms with Crippen molar-refractivity contribution in [3.05, 3.63) is 48.7 Å². The third kappa shape index (κ3) is 4.27. The van der Waals surface area contributed by atoms with Gasteiger partial charge in [0.05, 0.1) is 18.9 Å². The number of thioether (sulfide) groups is 1. The monoisotopic (exact) mass is 445 g/mol. The summed E-state index contributed by atoms with van der Waals surface area (Å²) in [7, 11) is -3.86. The highest BCUT2D eigenvalue weighted by atomic mass is 32.2. The summed E-state index contributed by atoms with van der Waals surface area (Å²) in [6, 6.07) is 12.0. The minimum Gasteiger partial charge on any atom is -0.494 e. The molecule has 0 aliphatic carbocycles. The van der Waals surface area contributed by atoms with Gasteiger partial charge in [-0.2, -0.15) is 0 Å². The standard InChI is InChI=1S/C21H23N3O4S2/c1-3-27-17-9-10-19(28-4-2)20(13-17)30(25,26)23-16-7-5-15(6-8-16)18-14-24-11-12-29-21(24)22-18/h5-10,13-14,23H,3-4,11-12H2,1-2H3. The van der Waals surface area contributed by atoms with Crippen molar-refractivity contribution in [2.45, 2.75) is 30.4 Å². The van der Waals surface area contributed by atoms with Crippen LogP contribution in [0.2, 0.25) is 0 Å². The highest BCUT2D eigenvalue weighted by molar-refractivity contribution is 7.99. The van der Waals surface area contributed by atoms with Crippen LogP contribution in [-0.2, 0) is 16.6 Å². The molecule has 0 fully saturated rings. The summed E-state index contributed by atoms with van der Waals surface area (Å²) >= 11 is 1.74. The van der Waals surface area contributed by atoms with Crippen LogP contribution in [0.3, 0.4) is 0 Å². The Morgan fingerprint density at radius 3 is 2.57 bits per heavy atom. The molecule has 9 heteroatoms. The predicted octanol–water partition coefficient (Wildman–Crippen LogP) is 4.25. The topological polar surface area (TPSA) is 82.5 Å². The largest absolute Gasteiger partial charge is 0.494 e. The number of ether oxygens (including phenoxy) is 2. The van der Waals surface area contributed by atoms with Crippen LogP contribution in [0.4, 0.5) is 5.69 Å². The van der Waals surface area contributed by atoms with E-state index in [-0.39, 0.29) is 10.6 Å². The molecule has 0 radical (unpaired) electrons. The van der Waals surface area contributed by atoms with Crippen LogP contribution in [0.15, 0.2) is 58.7 Å². The van der Waals surface area contributed by atoms with Crippen molar-refractivity contribution in [1.29, 1.82) is 0 Å². The second-order valence-corrected chi connectivity index (χ2v) is 9.32. The maximum absolute atomic E-state index is 13.0. The zero-order valence-electron chi connectivity index (χ0n) is 16.8. The van der Waals surface area contributed by atoms with Crippen molar-refractivity contribution in [2.24, 2.45) is 0 Å². The Kier molecular flexibility index (Phi) is 5.92. The number of imidazole rings is 1. The van der Waals surface area contributed by atoms with Gasteiger partial charge in [-0.25, -0.2) is 13.4 Å². The van der Waals surface area contributed by atoms with Gasteiger partial charge in [0.2, 0.25) is 0 Å². The highest BCUT2D eigenvalue weighted by Crippen LogP contribution is 2.32. The van der Waals surface area contributed by atoms with Crippen molar-refractivity contribution < 1.29 is 17.9 Å². The summed E-state index contributed by atoms with van der Waals surface area (Å²) in [5.74, 6) is 1.81. The van der Waals surface area contributed by atoms with Gasteiger partial charge in [-0.15, -0.1) is 0 Å². The average Bonchev–Trinajstić information content (AvgIpc) is 3.32. The molecule has 158 valence electrons. The molecule has 1 aliphatic rings. The number of sulfonamides is 1. The van der Waals surface area contributed by atoms with Crippen molar-refractivity contribution in [2.75, 3.05) is 23.7 Å². The van der Waals surface area contributed by atoms with Crippen LogP contribution >= 0.6 is 11.8 Å².